The van der Waals surface area contributed by atoms with E-state index >= 15 is 0 Å². The molecule has 4 heteroatoms. The summed E-state index contributed by atoms with van der Waals surface area (Å²) in [6, 6.07) is 0. The lowest BCUT2D eigenvalue weighted by molar-refractivity contribution is -0.132. The van der Waals surface area contributed by atoms with Crippen LogP contribution in [0.3, 0.4) is 0 Å². The van der Waals surface area contributed by atoms with Gasteiger partial charge in [0.1, 0.15) is 0 Å². The van der Waals surface area contributed by atoms with Gasteiger partial charge in [-0.3, -0.25) is 9.59 Å². The molecule has 4 nitrogen and oxygen atoms in total. The summed E-state index contributed by atoms with van der Waals surface area (Å²) in [5.74, 6) is 0.810. The number of likely N-dealkylation sites (tertiary alicyclic amines) is 1. The number of piperidine rings is 1. The van der Waals surface area contributed by atoms with E-state index in [1.165, 1.54) is 0 Å². The molecule has 0 radical (unpaired) electrons. The van der Waals surface area contributed by atoms with Crippen LogP contribution in [-0.2, 0) is 9.59 Å². The molecule has 0 aliphatic carbocycles. The highest BCUT2D eigenvalue weighted by molar-refractivity contribution is 5.76. The van der Waals surface area contributed by atoms with Gasteiger partial charge in [-0.25, -0.2) is 0 Å². The normalized spacial score (nSPS) is 15.3. The Hall–Kier alpha value is -4.18. The van der Waals surface area contributed by atoms with Crippen LogP contribution in [0.4, 0.5) is 0 Å². The third-order valence-electron chi connectivity index (χ3n) is 8.81. The fraction of sp³-hybridized carbons (Fsp3) is 0.480. The molecular formula is C50H74N2O2. The number of hydrogen-bond acceptors (Lipinski definition) is 2. The molecule has 1 aliphatic rings. The van der Waals surface area contributed by atoms with Crippen LogP contribution in [0.2, 0.25) is 0 Å². The standard InChI is InChI=1S/C50H74N2O2/c1-3-5-7-9-11-13-15-17-19-21-23-25-27-29-31-33-35-37-39-41-49(53)51-47-48-43-45-52(46-44-48)50(54)42-40-38-36-34-32-30-28-26-24-22-20-18-16-14-12-10-8-6-4-2/h5-8,11-14,17-20,23-26,29-32,35-38,48H,3-4,9-10,15-16,21-22,27-28,33-34,39-47H2,1-2H3,(H,51,53)/b7-5-,8-6-,13-11-,14-12-,19-17-,20-18-,25-23-,26-24-,31-29-,32-30-,37-35-,38-36-. The lowest BCUT2D eigenvalue weighted by atomic mass is 9.96. The summed E-state index contributed by atoms with van der Waals surface area (Å²) in [6.07, 6.45) is 69.1. The molecular weight excluding hydrogens is 661 g/mol. The van der Waals surface area contributed by atoms with E-state index in [1.807, 2.05) is 4.90 Å². The van der Waals surface area contributed by atoms with Crippen molar-refractivity contribution in [3.63, 3.8) is 0 Å². The van der Waals surface area contributed by atoms with Gasteiger partial charge >= 0.3 is 0 Å². The quantitative estimate of drug-likeness (QED) is 0.0747. The Balaban J connectivity index is 2.01. The molecule has 1 fully saturated rings. The van der Waals surface area contributed by atoms with Gasteiger partial charge in [-0.2, -0.15) is 0 Å². The third kappa shape index (κ3) is 32.5. The maximum atomic E-state index is 12.7. The maximum absolute atomic E-state index is 12.7. The Morgan fingerprint density at radius 2 is 0.741 bits per heavy atom. The molecule has 0 aromatic carbocycles. The molecule has 1 aliphatic heterocycles. The van der Waals surface area contributed by atoms with Gasteiger partial charge in [0.2, 0.25) is 11.8 Å². The van der Waals surface area contributed by atoms with Crippen LogP contribution in [0.5, 0.6) is 0 Å². The topological polar surface area (TPSA) is 49.4 Å². The number of amides is 2. The van der Waals surface area contributed by atoms with Crippen molar-refractivity contribution >= 4 is 11.8 Å². The molecule has 1 N–H and O–H groups in total. The summed E-state index contributed by atoms with van der Waals surface area (Å²) in [6.45, 7) is 6.61. The van der Waals surface area contributed by atoms with Crippen LogP contribution in [0.25, 0.3) is 0 Å². The highest BCUT2D eigenvalue weighted by Gasteiger charge is 2.22. The summed E-state index contributed by atoms with van der Waals surface area (Å²) in [7, 11) is 0. The Bertz CT molecular complexity index is 1290. The number of carbonyl (C=O) groups is 2. The van der Waals surface area contributed by atoms with Crippen LogP contribution >= 0.6 is 0 Å². The molecule has 1 saturated heterocycles. The molecule has 0 bridgehead atoms. The van der Waals surface area contributed by atoms with E-state index in [-0.39, 0.29) is 11.8 Å². The van der Waals surface area contributed by atoms with Gasteiger partial charge in [0, 0.05) is 32.5 Å². The highest BCUT2D eigenvalue weighted by atomic mass is 16.2. The van der Waals surface area contributed by atoms with Crippen molar-refractivity contribution in [2.75, 3.05) is 19.6 Å². The highest BCUT2D eigenvalue weighted by Crippen LogP contribution is 2.17. The van der Waals surface area contributed by atoms with Crippen molar-refractivity contribution in [2.24, 2.45) is 5.92 Å². The second-order valence-corrected chi connectivity index (χ2v) is 13.5. The Morgan fingerprint density at radius 3 is 1.07 bits per heavy atom. The zero-order chi connectivity index (χ0) is 38.8. The summed E-state index contributed by atoms with van der Waals surface area (Å²) in [5, 5.41) is 3.11. The van der Waals surface area contributed by atoms with E-state index < -0.39 is 0 Å². The average molecular weight is 735 g/mol. The minimum absolute atomic E-state index is 0.115. The number of nitrogens with one attached hydrogen (secondary N) is 1. The summed E-state index contributed by atoms with van der Waals surface area (Å²) >= 11 is 0. The Labute approximate surface area is 331 Å². The van der Waals surface area contributed by atoms with Crippen LogP contribution in [-0.4, -0.2) is 36.3 Å². The van der Waals surface area contributed by atoms with Gasteiger partial charge < -0.3 is 10.2 Å². The third-order valence-corrected chi connectivity index (χ3v) is 8.81. The van der Waals surface area contributed by atoms with Crippen molar-refractivity contribution in [1.82, 2.24) is 10.2 Å². The molecule has 2 amide bonds. The monoisotopic (exact) mass is 735 g/mol. The minimum atomic E-state index is 0.115. The van der Waals surface area contributed by atoms with Gasteiger partial charge in [0.15, 0.2) is 0 Å². The zero-order valence-corrected chi connectivity index (χ0v) is 34.0. The van der Waals surface area contributed by atoms with Gasteiger partial charge in [0.25, 0.3) is 0 Å². The molecule has 0 aromatic heterocycles. The molecule has 296 valence electrons. The van der Waals surface area contributed by atoms with E-state index in [2.05, 4.69) is 165 Å². The molecule has 0 atom stereocenters. The van der Waals surface area contributed by atoms with E-state index in [9.17, 15) is 9.59 Å². The summed E-state index contributed by atoms with van der Waals surface area (Å²) in [4.78, 5) is 27.0. The summed E-state index contributed by atoms with van der Waals surface area (Å²) < 4.78 is 0. The first-order valence-electron chi connectivity index (χ1n) is 21.0. The number of carbonyl (C=O) groups excluding carboxylic acids is 2. The van der Waals surface area contributed by atoms with Gasteiger partial charge in [-0.15, -0.1) is 0 Å². The Morgan fingerprint density at radius 1 is 0.444 bits per heavy atom. The van der Waals surface area contributed by atoms with E-state index in [4.69, 9.17) is 0 Å². The van der Waals surface area contributed by atoms with Crippen molar-refractivity contribution in [3.8, 4) is 0 Å². The molecule has 1 heterocycles. The van der Waals surface area contributed by atoms with E-state index in [1.54, 1.807) is 0 Å². The van der Waals surface area contributed by atoms with Gasteiger partial charge in [-0.05, 0) is 109 Å². The summed E-state index contributed by atoms with van der Waals surface area (Å²) in [5.41, 5.74) is 0. The molecule has 54 heavy (non-hydrogen) atoms. The van der Waals surface area contributed by atoms with Crippen LogP contribution in [0.1, 0.15) is 129 Å². The number of hydrogen-bond donors (Lipinski definition) is 1. The lowest BCUT2D eigenvalue weighted by Gasteiger charge is -2.32. The first-order chi connectivity index (χ1) is 26.7. The van der Waals surface area contributed by atoms with Crippen molar-refractivity contribution in [2.45, 2.75) is 129 Å². The van der Waals surface area contributed by atoms with Gasteiger partial charge in [-0.1, -0.05) is 160 Å². The van der Waals surface area contributed by atoms with Crippen molar-refractivity contribution in [1.29, 1.82) is 0 Å². The predicted molar refractivity (Wildman–Crippen MR) is 237 cm³/mol. The van der Waals surface area contributed by atoms with Crippen LogP contribution in [0, 0.1) is 5.92 Å². The van der Waals surface area contributed by atoms with E-state index in [0.29, 0.717) is 25.3 Å². The Kier molecular flexibility index (Phi) is 34.1. The lowest BCUT2D eigenvalue weighted by Crippen LogP contribution is -2.41. The van der Waals surface area contributed by atoms with Gasteiger partial charge in [0.05, 0.1) is 0 Å². The zero-order valence-electron chi connectivity index (χ0n) is 34.0. The number of nitrogens with zero attached hydrogens (tertiary/aromatic N) is 1. The second-order valence-electron chi connectivity index (χ2n) is 13.5. The maximum Gasteiger partial charge on any atom is 0.222 e. The first-order valence-corrected chi connectivity index (χ1v) is 21.0. The molecule has 0 spiro atoms. The fourth-order valence-corrected chi connectivity index (χ4v) is 5.59. The second kappa shape index (κ2) is 38.5. The fourth-order valence-electron chi connectivity index (χ4n) is 5.59. The largest absolute Gasteiger partial charge is 0.356 e. The smallest absolute Gasteiger partial charge is 0.222 e. The molecule has 0 unspecified atom stereocenters. The SMILES string of the molecule is CC/C=C\C/C=C\C/C=C\C/C=C\C/C=C\C/C=C\CCC(=O)NCC1CCN(C(=O)CC/C=C\C/C=C\C/C=C\C/C=C\C/C=C\C/C=C\CC)CC1. The van der Waals surface area contributed by atoms with Crippen LogP contribution < -0.4 is 5.32 Å². The van der Waals surface area contributed by atoms with Crippen molar-refractivity contribution < 1.29 is 9.59 Å². The predicted octanol–water partition coefficient (Wildman–Crippen LogP) is 13.3. The molecule has 1 rings (SSSR count). The molecule has 0 saturated carbocycles. The molecule has 0 aromatic rings. The number of rotatable bonds is 30. The first kappa shape index (κ1) is 47.8. The number of allylic oxidation sites excluding steroid dienone is 24. The minimum Gasteiger partial charge on any atom is -0.356 e. The van der Waals surface area contributed by atoms with Crippen molar-refractivity contribution in [3.05, 3.63) is 146 Å². The van der Waals surface area contributed by atoms with E-state index in [0.717, 1.165) is 116 Å². The van der Waals surface area contributed by atoms with Crippen LogP contribution in [0.15, 0.2) is 146 Å². The average Bonchev–Trinajstić information content (AvgIpc) is 3.19.